The number of alkyl halides is 2. The van der Waals surface area contributed by atoms with Crippen LogP contribution in [0.5, 0.6) is 5.75 Å². The maximum absolute atomic E-state index is 13.9. The topological polar surface area (TPSA) is 24.5 Å². The lowest BCUT2D eigenvalue weighted by atomic mass is 9.95. The van der Waals surface area contributed by atoms with Crippen LogP contribution >= 0.6 is 0 Å². The Morgan fingerprint density at radius 2 is 1.75 bits per heavy atom. The van der Waals surface area contributed by atoms with Gasteiger partial charge in [-0.1, -0.05) is 62.8 Å². The van der Waals surface area contributed by atoms with E-state index in [0.717, 1.165) is 59.4 Å². The molecule has 6 heteroatoms. The summed E-state index contributed by atoms with van der Waals surface area (Å²) in [5.74, 6) is -0.380. The van der Waals surface area contributed by atoms with Crippen LogP contribution in [0.1, 0.15) is 93.6 Å². The fourth-order valence-corrected chi connectivity index (χ4v) is 4.00. The van der Waals surface area contributed by atoms with Crippen molar-refractivity contribution in [1.82, 2.24) is 10.2 Å². The highest BCUT2D eigenvalue weighted by Gasteiger charge is 2.27. The lowest BCUT2D eigenvalue weighted by molar-refractivity contribution is 0.128. The van der Waals surface area contributed by atoms with Crippen LogP contribution in [0.2, 0.25) is 0 Å². The number of halogens is 3. The molecule has 0 saturated carbocycles. The van der Waals surface area contributed by atoms with E-state index in [9.17, 15) is 13.2 Å². The third-order valence-corrected chi connectivity index (χ3v) is 6.87. The predicted molar refractivity (Wildman–Crippen MR) is 164 cm³/mol. The lowest BCUT2D eigenvalue weighted by Gasteiger charge is -2.37. The molecule has 0 atom stereocenters. The van der Waals surface area contributed by atoms with Gasteiger partial charge in [-0.05, 0) is 84.6 Å². The van der Waals surface area contributed by atoms with Crippen molar-refractivity contribution >= 4 is 0 Å². The molecular formula is C34H49F3N2O. The van der Waals surface area contributed by atoms with E-state index in [0.29, 0.717) is 12.4 Å². The predicted octanol–water partition coefficient (Wildman–Crippen LogP) is 10.2. The zero-order valence-electron chi connectivity index (χ0n) is 26.1. The van der Waals surface area contributed by atoms with E-state index in [1.54, 1.807) is 0 Å². The summed E-state index contributed by atoms with van der Waals surface area (Å²) in [6, 6.07) is 3.24. The van der Waals surface area contributed by atoms with Crippen LogP contribution in [0.25, 0.3) is 0 Å². The van der Waals surface area contributed by atoms with E-state index in [2.05, 4.69) is 57.8 Å². The summed E-state index contributed by atoms with van der Waals surface area (Å²) in [6.45, 7) is 23.1. The van der Waals surface area contributed by atoms with Gasteiger partial charge in [0, 0.05) is 36.0 Å². The van der Waals surface area contributed by atoms with Crippen LogP contribution < -0.4 is 10.1 Å². The zero-order chi connectivity index (χ0) is 30.6. The largest absolute Gasteiger partial charge is 0.440 e. The van der Waals surface area contributed by atoms with Crippen LogP contribution in [-0.2, 0) is 0 Å². The number of hydrogen-bond donors (Lipinski definition) is 1. The van der Waals surface area contributed by atoms with Crippen LogP contribution in [-0.4, -0.2) is 24.0 Å². The third kappa shape index (κ3) is 10.1. The molecule has 0 aliphatic carbocycles. The minimum atomic E-state index is -2.88. The second kappa shape index (κ2) is 16.2. The summed E-state index contributed by atoms with van der Waals surface area (Å²) >= 11 is 0. The van der Waals surface area contributed by atoms with Crippen molar-refractivity contribution < 1.29 is 17.9 Å². The maximum atomic E-state index is 13.9. The van der Waals surface area contributed by atoms with Gasteiger partial charge in [-0.25, -0.2) is 13.2 Å². The van der Waals surface area contributed by atoms with Crippen molar-refractivity contribution in [2.24, 2.45) is 0 Å². The van der Waals surface area contributed by atoms with Crippen LogP contribution in [0.4, 0.5) is 13.2 Å². The molecule has 0 heterocycles. The lowest BCUT2D eigenvalue weighted by Crippen LogP contribution is -2.40. The minimum Gasteiger partial charge on any atom is -0.440 e. The summed E-state index contributed by atoms with van der Waals surface area (Å²) in [6.07, 6.45) is 7.95. The van der Waals surface area contributed by atoms with Gasteiger partial charge in [0.15, 0.2) is 5.88 Å². The molecule has 0 spiro atoms. The molecule has 0 amide bonds. The first-order valence-electron chi connectivity index (χ1n) is 14.1. The first-order valence-corrected chi connectivity index (χ1v) is 14.1. The Morgan fingerprint density at radius 3 is 2.25 bits per heavy atom. The molecule has 1 aromatic carbocycles. The molecular weight excluding hydrogens is 509 g/mol. The molecule has 0 aliphatic heterocycles. The van der Waals surface area contributed by atoms with Crippen molar-refractivity contribution in [1.29, 1.82) is 0 Å². The summed E-state index contributed by atoms with van der Waals surface area (Å²) in [5, 5.41) is 3.57. The smallest absolute Gasteiger partial charge is 0.267 e. The minimum absolute atomic E-state index is 0.0708. The molecule has 0 aliphatic rings. The fourth-order valence-electron chi connectivity index (χ4n) is 4.00. The summed E-state index contributed by atoms with van der Waals surface area (Å²) < 4.78 is 47.9. The molecule has 0 unspecified atom stereocenters. The summed E-state index contributed by atoms with van der Waals surface area (Å²) in [7, 11) is 1.87. The van der Waals surface area contributed by atoms with Crippen LogP contribution in [0.3, 0.4) is 0 Å². The van der Waals surface area contributed by atoms with E-state index < -0.39 is 23.3 Å². The highest BCUT2D eigenvalue weighted by Crippen LogP contribution is 2.35. The molecule has 1 N–H and O–H groups in total. The summed E-state index contributed by atoms with van der Waals surface area (Å²) in [5.41, 5.74) is 5.08. The molecule has 0 fully saturated rings. The van der Waals surface area contributed by atoms with Crippen molar-refractivity contribution in [2.45, 2.75) is 93.5 Å². The second-order valence-corrected chi connectivity index (χ2v) is 10.8. The first kappa shape index (κ1) is 34.9. The molecule has 222 valence electrons. The number of rotatable bonds is 14. The van der Waals surface area contributed by atoms with Gasteiger partial charge in [0.1, 0.15) is 11.6 Å². The van der Waals surface area contributed by atoms with Gasteiger partial charge in [-0.3, -0.25) is 0 Å². The van der Waals surface area contributed by atoms with Crippen molar-refractivity contribution in [3.63, 3.8) is 0 Å². The van der Waals surface area contributed by atoms with E-state index >= 15 is 0 Å². The van der Waals surface area contributed by atoms with Gasteiger partial charge in [0.25, 0.3) is 6.43 Å². The quantitative estimate of drug-likeness (QED) is 0.182. The highest BCUT2D eigenvalue weighted by atomic mass is 19.3. The van der Waals surface area contributed by atoms with Gasteiger partial charge in [0.05, 0.1) is 5.56 Å². The number of allylic oxidation sites excluding steroid dienone is 6. The molecule has 0 saturated heterocycles. The number of benzene rings is 1. The number of nitrogens with one attached hydrogen (secondary N) is 1. The average molecular weight is 559 g/mol. The Morgan fingerprint density at radius 1 is 1.10 bits per heavy atom. The van der Waals surface area contributed by atoms with Crippen LogP contribution in [0.15, 0.2) is 88.5 Å². The Labute approximate surface area is 240 Å². The Hall–Kier alpha value is -3.15. The maximum Gasteiger partial charge on any atom is 0.267 e. The Bertz CT molecular complexity index is 1160. The van der Waals surface area contributed by atoms with Gasteiger partial charge in [-0.15, -0.1) is 0 Å². The number of hydrogen-bond acceptors (Lipinski definition) is 3. The summed E-state index contributed by atoms with van der Waals surface area (Å²) in [4.78, 5) is 1.93. The second-order valence-electron chi connectivity index (χ2n) is 10.8. The van der Waals surface area contributed by atoms with Crippen LogP contribution in [0, 0.1) is 5.82 Å². The SMILES string of the molecule is C=C(/C=C\C(=C/C)CC)CN/C(=C/CC)C(=C(C)CC)/C(C)=C(/Oc1ccc(F)cc1C(F)F)N(C)C(C)(C)C. The molecule has 1 aromatic rings. The number of ether oxygens (including phenoxy) is 1. The molecule has 0 bridgehead atoms. The van der Waals surface area contributed by atoms with Gasteiger partial charge in [-0.2, -0.15) is 0 Å². The van der Waals surface area contributed by atoms with E-state index in [1.165, 1.54) is 11.6 Å². The molecule has 40 heavy (non-hydrogen) atoms. The monoisotopic (exact) mass is 558 g/mol. The Balaban J connectivity index is 3.71. The third-order valence-electron chi connectivity index (χ3n) is 6.87. The molecule has 1 rings (SSSR count). The average Bonchev–Trinajstić information content (AvgIpc) is 2.90. The van der Waals surface area contributed by atoms with E-state index in [4.69, 9.17) is 4.74 Å². The van der Waals surface area contributed by atoms with Gasteiger partial charge < -0.3 is 15.0 Å². The molecule has 0 aromatic heterocycles. The first-order chi connectivity index (χ1) is 18.7. The number of nitrogens with zero attached hydrogens (tertiary/aromatic N) is 1. The van der Waals surface area contributed by atoms with Crippen molar-refractivity contribution in [2.75, 3.05) is 13.6 Å². The van der Waals surface area contributed by atoms with Crippen molar-refractivity contribution in [3.05, 3.63) is 99.9 Å². The van der Waals surface area contributed by atoms with Gasteiger partial charge >= 0.3 is 0 Å². The van der Waals surface area contributed by atoms with Crippen molar-refractivity contribution in [3.8, 4) is 5.75 Å². The Kier molecular flexibility index (Phi) is 14.1. The zero-order valence-corrected chi connectivity index (χ0v) is 26.1. The van der Waals surface area contributed by atoms with E-state index in [1.807, 2.05) is 52.6 Å². The molecule has 3 nitrogen and oxygen atoms in total. The molecule has 0 radical (unpaired) electrons. The van der Waals surface area contributed by atoms with E-state index in [-0.39, 0.29) is 5.75 Å². The fraction of sp³-hybridized carbons (Fsp3) is 0.471. The standard InChI is InChI=1S/C34H49F3N2O/c1-12-16-29(38-22-23(5)17-18-26(14-3)15-4)31(24(6)13-2)25(7)33(39(11)34(8,9)10)40-30-20-19-27(35)21-28(30)32(36)37/h14,16-21,32,38H,5,12-13,15,22H2,1-4,6-11H3/b18-17-,26-14-,29-16+,31-24?,33-25+. The van der Waals surface area contributed by atoms with Gasteiger partial charge in [0.2, 0.25) is 0 Å². The normalized spacial score (nSPS) is 14.3. The highest BCUT2D eigenvalue weighted by molar-refractivity contribution is 5.50.